The molecule has 6 rings (SSSR count). The van der Waals surface area contributed by atoms with Gasteiger partial charge in [0.2, 0.25) is 0 Å². The van der Waals surface area contributed by atoms with Crippen LogP contribution < -0.4 is 18.9 Å². The third-order valence-electron chi connectivity index (χ3n) is 12.3. The molecule has 0 unspecified atom stereocenters. The topological polar surface area (TPSA) is 160 Å². The first kappa shape index (κ1) is 52.1. The Morgan fingerprint density at radius 3 is 1.03 bits per heavy atom. The quantitative estimate of drug-likeness (QED) is 0.0465. The van der Waals surface area contributed by atoms with E-state index in [9.17, 15) is 20.2 Å². The summed E-state index contributed by atoms with van der Waals surface area (Å²) in [6.45, 7) is 8.54. The molecule has 1 aliphatic carbocycles. The number of nitro benzene ring substituents is 2. The molecule has 1 heterocycles. The highest BCUT2D eigenvalue weighted by molar-refractivity contribution is 5.60. The molecule has 370 valence electrons. The lowest BCUT2D eigenvalue weighted by molar-refractivity contribution is -0.385. The number of benzene rings is 4. The first-order valence-corrected chi connectivity index (χ1v) is 25.0. The first-order valence-electron chi connectivity index (χ1n) is 25.0. The van der Waals surface area contributed by atoms with Gasteiger partial charge in [-0.05, 0) is 35.1 Å². The Bertz CT molecular complexity index is 1950. The predicted octanol–water partition coefficient (Wildman–Crippen LogP) is 11.5. The summed E-state index contributed by atoms with van der Waals surface area (Å²) in [5.41, 5.74) is 5.66. The number of non-ortho nitro benzene ring substituents is 2. The Balaban J connectivity index is 1.53. The molecule has 10 bridgehead atoms. The zero-order valence-electron chi connectivity index (χ0n) is 40.4. The lowest BCUT2D eigenvalue weighted by atomic mass is 9.90. The highest BCUT2D eigenvalue weighted by atomic mass is 16.6. The first-order chi connectivity index (χ1) is 33.4. The highest BCUT2D eigenvalue weighted by Gasteiger charge is 2.26. The van der Waals surface area contributed by atoms with Gasteiger partial charge in [-0.2, -0.15) is 0 Å². The van der Waals surface area contributed by atoms with Crippen molar-refractivity contribution in [2.45, 2.75) is 117 Å². The molecule has 0 saturated carbocycles. The van der Waals surface area contributed by atoms with Crippen LogP contribution in [0.3, 0.4) is 0 Å². The van der Waals surface area contributed by atoms with Gasteiger partial charge in [-0.25, -0.2) is 0 Å². The van der Waals surface area contributed by atoms with Crippen molar-refractivity contribution >= 4 is 11.4 Å². The average Bonchev–Trinajstić information content (AvgIpc) is 3.32. The second-order valence-electron chi connectivity index (χ2n) is 17.6. The van der Waals surface area contributed by atoms with E-state index in [1.165, 1.54) is 25.7 Å². The SMILES string of the molecule is CCCCCCCCOc1c2cccc1Cc1cc([N+](=O)[O-])cc3c1OCCOCCOCCOCCOCCOc1c(cc([N+](=O)[O-])cc1Cc1cccc(c1OCCCCCCCC)C3)C2. The van der Waals surface area contributed by atoms with Gasteiger partial charge in [0, 0.05) is 72.2 Å². The molecule has 0 atom stereocenters. The van der Waals surface area contributed by atoms with E-state index in [0.717, 1.165) is 73.6 Å². The number of rotatable bonds is 18. The lowest BCUT2D eigenvalue weighted by Crippen LogP contribution is -2.15. The third-order valence-corrected chi connectivity index (χ3v) is 12.3. The zero-order chi connectivity index (χ0) is 47.8. The average molecular weight is 941 g/mol. The normalized spacial score (nSPS) is 15.1. The van der Waals surface area contributed by atoms with Crippen LogP contribution in [-0.2, 0) is 44.6 Å². The van der Waals surface area contributed by atoms with E-state index in [4.69, 9.17) is 37.9 Å². The Morgan fingerprint density at radius 1 is 0.426 bits per heavy atom. The molecule has 0 amide bonds. The number of nitrogens with zero attached hydrogens (tertiary/aromatic N) is 2. The van der Waals surface area contributed by atoms with Crippen molar-refractivity contribution in [1.82, 2.24) is 0 Å². The van der Waals surface area contributed by atoms with E-state index in [1.54, 1.807) is 24.3 Å². The molecule has 1 aliphatic heterocycles. The predicted molar refractivity (Wildman–Crippen MR) is 262 cm³/mol. The van der Waals surface area contributed by atoms with Gasteiger partial charge < -0.3 is 37.9 Å². The smallest absolute Gasteiger partial charge is 0.270 e. The maximum absolute atomic E-state index is 12.8. The van der Waals surface area contributed by atoms with Crippen LogP contribution in [0.5, 0.6) is 23.0 Å². The molecule has 14 heteroatoms. The van der Waals surface area contributed by atoms with E-state index in [0.29, 0.717) is 98.1 Å². The number of para-hydroxylation sites is 2. The number of hydrogen-bond donors (Lipinski definition) is 0. The third kappa shape index (κ3) is 16.2. The highest BCUT2D eigenvalue weighted by Crippen LogP contribution is 2.41. The fraction of sp³-hybridized carbons (Fsp3) is 0.556. The van der Waals surface area contributed by atoms with Crippen molar-refractivity contribution in [3.8, 4) is 23.0 Å². The van der Waals surface area contributed by atoms with Crippen LogP contribution in [0.15, 0.2) is 60.7 Å². The Labute approximate surface area is 402 Å². The van der Waals surface area contributed by atoms with Gasteiger partial charge in [-0.3, -0.25) is 20.2 Å². The van der Waals surface area contributed by atoms with Crippen molar-refractivity contribution in [1.29, 1.82) is 0 Å². The van der Waals surface area contributed by atoms with Crippen molar-refractivity contribution in [2.24, 2.45) is 0 Å². The number of unbranched alkanes of at least 4 members (excludes halogenated alkanes) is 10. The Kier molecular flexibility index (Phi) is 22.1. The molecule has 2 aliphatic rings. The van der Waals surface area contributed by atoms with Crippen LogP contribution >= 0.6 is 0 Å². The largest absolute Gasteiger partial charge is 0.493 e. The van der Waals surface area contributed by atoms with Crippen molar-refractivity contribution < 1.29 is 47.7 Å². The number of hydrogen-bond acceptors (Lipinski definition) is 12. The lowest BCUT2D eigenvalue weighted by Gasteiger charge is -2.23. The molecule has 0 aromatic heterocycles. The van der Waals surface area contributed by atoms with E-state index in [1.807, 2.05) is 36.4 Å². The van der Waals surface area contributed by atoms with Crippen molar-refractivity contribution in [3.05, 3.63) is 125 Å². The summed E-state index contributed by atoms with van der Waals surface area (Å²) >= 11 is 0. The maximum atomic E-state index is 12.8. The monoisotopic (exact) mass is 941 g/mol. The van der Waals surface area contributed by atoms with Crippen LogP contribution in [0.25, 0.3) is 0 Å². The standard InChI is InChI=1S/C54H72N2O12/c1-3-5-7-9-11-13-21-65-51-41-17-15-18-42(51)34-46-38-50(56(59)60)40-48-36-44-20-16-19-43(52(44)66-22-14-12-10-8-6-4-2)35-47-39-49(55(57)58)37-45(33-41)53(47)67-31-29-63-27-25-61-23-24-62-26-28-64-30-32-68-54(46)48/h15-20,37-40H,3-14,21-36H2,1-2H3. The number of nitro groups is 2. The summed E-state index contributed by atoms with van der Waals surface area (Å²) < 4.78 is 50.2. The Hall–Kier alpha value is -5.28. The van der Waals surface area contributed by atoms with Gasteiger partial charge in [0.1, 0.15) is 36.2 Å². The summed E-state index contributed by atoms with van der Waals surface area (Å²) in [7, 11) is 0. The summed E-state index contributed by atoms with van der Waals surface area (Å²) in [5, 5.41) is 25.5. The van der Waals surface area contributed by atoms with Crippen LogP contribution in [0, 0.1) is 20.2 Å². The van der Waals surface area contributed by atoms with E-state index in [-0.39, 0.29) is 73.3 Å². The molecule has 0 spiro atoms. The minimum atomic E-state index is -0.352. The number of ether oxygens (including phenoxy) is 8. The van der Waals surface area contributed by atoms with E-state index < -0.39 is 0 Å². The summed E-state index contributed by atoms with van der Waals surface area (Å²) in [6.07, 6.45) is 14.0. The molecule has 68 heavy (non-hydrogen) atoms. The van der Waals surface area contributed by atoms with Gasteiger partial charge in [-0.15, -0.1) is 0 Å². The molecule has 0 fully saturated rings. The van der Waals surface area contributed by atoms with E-state index in [2.05, 4.69) is 13.8 Å². The fourth-order valence-electron chi connectivity index (χ4n) is 8.88. The van der Waals surface area contributed by atoms with Crippen LogP contribution in [-0.4, -0.2) is 89.1 Å². The van der Waals surface area contributed by atoms with Crippen molar-refractivity contribution in [2.75, 3.05) is 79.3 Å². The summed E-state index contributed by atoms with van der Waals surface area (Å²) in [5.74, 6) is 2.37. The minimum absolute atomic E-state index is 0.0470. The molecule has 0 radical (unpaired) electrons. The molecule has 4 aromatic rings. The van der Waals surface area contributed by atoms with E-state index >= 15 is 0 Å². The van der Waals surface area contributed by atoms with Gasteiger partial charge >= 0.3 is 0 Å². The second kappa shape index (κ2) is 28.9. The van der Waals surface area contributed by atoms with Crippen LogP contribution in [0.1, 0.15) is 135 Å². The number of fused-ring (bicyclic) bond motifs is 2. The Morgan fingerprint density at radius 2 is 0.721 bits per heavy atom. The maximum Gasteiger partial charge on any atom is 0.270 e. The minimum Gasteiger partial charge on any atom is -0.493 e. The van der Waals surface area contributed by atoms with Gasteiger partial charge in [0.25, 0.3) is 11.4 Å². The molecule has 4 aromatic carbocycles. The summed E-state index contributed by atoms with van der Waals surface area (Å²) in [6, 6.07) is 18.2. The van der Waals surface area contributed by atoms with Crippen LogP contribution in [0.2, 0.25) is 0 Å². The molecule has 0 saturated heterocycles. The molecular weight excluding hydrogens is 869 g/mol. The summed E-state index contributed by atoms with van der Waals surface area (Å²) in [4.78, 5) is 24.8. The fourth-order valence-corrected chi connectivity index (χ4v) is 8.88. The van der Waals surface area contributed by atoms with Gasteiger partial charge in [0.15, 0.2) is 0 Å². The zero-order valence-corrected chi connectivity index (χ0v) is 40.4. The molecule has 0 N–H and O–H groups in total. The van der Waals surface area contributed by atoms with Gasteiger partial charge in [0.05, 0.1) is 75.9 Å². The van der Waals surface area contributed by atoms with Gasteiger partial charge in [-0.1, -0.05) is 114 Å². The van der Waals surface area contributed by atoms with Crippen LogP contribution in [0.4, 0.5) is 11.4 Å². The molecule has 14 nitrogen and oxygen atoms in total. The van der Waals surface area contributed by atoms with Crippen molar-refractivity contribution in [3.63, 3.8) is 0 Å². The second-order valence-corrected chi connectivity index (χ2v) is 17.6. The molecular formula is C54H72N2O12.